The Morgan fingerprint density at radius 2 is 1.79 bits per heavy atom. The van der Waals surface area contributed by atoms with Crippen LogP contribution in [0, 0.1) is 12.8 Å². The van der Waals surface area contributed by atoms with Gasteiger partial charge in [0, 0.05) is 28.5 Å². The zero-order valence-electron chi connectivity index (χ0n) is 18.6. The molecular formula is C25H26ClN3O3S. The Morgan fingerprint density at radius 3 is 2.48 bits per heavy atom. The van der Waals surface area contributed by atoms with Crippen LogP contribution in [0.5, 0.6) is 0 Å². The summed E-state index contributed by atoms with van der Waals surface area (Å²) in [6, 6.07) is 12.8. The number of rotatable bonds is 5. The molecule has 1 saturated carbocycles. The van der Waals surface area contributed by atoms with Crippen molar-refractivity contribution >= 4 is 46.3 Å². The lowest BCUT2D eigenvalue weighted by Crippen LogP contribution is -2.22. The first-order valence-electron chi connectivity index (χ1n) is 10.9. The number of nitrogens with one attached hydrogen (secondary N) is 2. The molecule has 1 aliphatic carbocycles. The van der Waals surface area contributed by atoms with Crippen LogP contribution in [-0.2, 0) is 9.53 Å². The lowest BCUT2D eigenvalue weighted by molar-refractivity contribution is -0.146. The van der Waals surface area contributed by atoms with E-state index in [1.54, 1.807) is 23.5 Å². The molecule has 2 amide bonds. The van der Waals surface area contributed by atoms with Crippen molar-refractivity contribution in [3.63, 3.8) is 0 Å². The standard InChI is InChI=1S/C25H26ClN3O3S/c1-15-3-10-19(26)13-21(15)29-25(31)28-20-11-8-16(9-12-20)22-14-27-23(33-22)17-4-6-18(7-5-17)24(30)32-2/h3,8-14,17-18H,4-7H2,1-2H3,(H2,28,29,31). The van der Waals surface area contributed by atoms with Crippen molar-refractivity contribution < 1.29 is 14.3 Å². The second-order valence-electron chi connectivity index (χ2n) is 8.25. The summed E-state index contributed by atoms with van der Waals surface area (Å²) in [7, 11) is 1.45. The van der Waals surface area contributed by atoms with Gasteiger partial charge in [-0.15, -0.1) is 11.3 Å². The Hall–Kier alpha value is -2.90. The molecule has 8 heteroatoms. The minimum Gasteiger partial charge on any atom is -0.469 e. The number of urea groups is 1. The third-order valence-electron chi connectivity index (χ3n) is 6.01. The summed E-state index contributed by atoms with van der Waals surface area (Å²) in [5.41, 5.74) is 3.36. The van der Waals surface area contributed by atoms with Crippen LogP contribution in [0.15, 0.2) is 48.7 Å². The number of halogens is 1. The number of hydrogen-bond donors (Lipinski definition) is 2. The molecule has 0 unspecified atom stereocenters. The number of thiazole rings is 1. The van der Waals surface area contributed by atoms with Crippen LogP contribution >= 0.6 is 22.9 Å². The van der Waals surface area contributed by atoms with Crippen LogP contribution in [0.2, 0.25) is 5.02 Å². The number of hydrogen-bond acceptors (Lipinski definition) is 5. The second-order valence-corrected chi connectivity index (χ2v) is 9.75. The van der Waals surface area contributed by atoms with Crippen molar-refractivity contribution in [3.05, 3.63) is 64.3 Å². The fourth-order valence-electron chi connectivity index (χ4n) is 4.08. The van der Waals surface area contributed by atoms with Gasteiger partial charge in [0.25, 0.3) is 0 Å². The Labute approximate surface area is 202 Å². The van der Waals surface area contributed by atoms with Crippen molar-refractivity contribution in [2.75, 3.05) is 17.7 Å². The molecule has 172 valence electrons. The monoisotopic (exact) mass is 483 g/mol. The smallest absolute Gasteiger partial charge is 0.323 e. The molecule has 0 aliphatic heterocycles. The Bertz CT molecular complexity index is 1140. The molecule has 1 fully saturated rings. The van der Waals surface area contributed by atoms with Gasteiger partial charge in [0.15, 0.2) is 0 Å². The molecule has 2 aromatic carbocycles. The summed E-state index contributed by atoms with van der Waals surface area (Å²) < 4.78 is 4.88. The van der Waals surface area contributed by atoms with E-state index in [4.69, 9.17) is 16.3 Å². The van der Waals surface area contributed by atoms with Crippen LogP contribution < -0.4 is 10.6 Å². The summed E-state index contributed by atoms with van der Waals surface area (Å²) >= 11 is 7.71. The van der Waals surface area contributed by atoms with Gasteiger partial charge >= 0.3 is 12.0 Å². The summed E-state index contributed by atoms with van der Waals surface area (Å²) in [6.07, 6.45) is 5.52. The fourth-order valence-corrected chi connectivity index (χ4v) is 5.35. The van der Waals surface area contributed by atoms with Crippen molar-refractivity contribution in [1.29, 1.82) is 0 Å². The Balaban J connectivity index is 1.35. The summed E-state index contributed by atoms with van der Waals surface area (Å²) in [4.78, 5) is 29.8. The second kappa shape index (κ2) is 10.4. The maximum Gasteiger partial charge on any atom is 0.323 e. The zero-order valence-corrected chi connectivity index (χ0v) is 20.1. The number of ether oxygens (including phenoxy) is 1. The Morgan fingerprint density at radius 1 is 1.06 bits per heavy atom. The first-order valence-corrected chi connectivity index (χ1v) is 12.1. The van der Waals surface area contributed by atoms with E-state index >= 15 is 0 Å². The van der Waals surface area contributed by atoms with Gasteiger partial charge in [0.2, 0.25) is 0 Å². The molecule has 1 aliphatic rings. The largest absolute Gasteiger partial charge is 0.469 e. The number of anilines is 2. The highest BCUT2D eigenvalue weighted by atomic mass is 35.5. The van der Waals surface area contributed by atoms with E-state index in [2.05, 4.69) is 15.6 Å². The minimum absolute atomic E-state index is 0.0192. The quantitative estimate of drug-likeness (QED) is 0.388. The summed E-state index contributed by atoms with van der Waals surface area (Å²) in [6.45, 7) is 1.91. The zero-order chi connectivity index (χ0) is 23.4. The highest BCUT2D eigenvalue weighted by Crippen LogP contribution is 2.39. The molecule has 1 aromatic heterocycles. The third kappa shape index (κ3) is 5.72. The fraction of sp³-hybridized carbons (Fsp3) is 0.320. The predicted molar refractivity (Wildman–Crippen MR) is 133 cm³/mol. The topological polar surface area (TPSA) is 80.3 Å². The molecule has 2 N–H and O–H groups in total. The van der Waals surface area contributed by atoms with Crippen molar-refractivity contribution in [2.24, 2.45) is 5.92 Å². The van der Waals surface area contributed by atoms with E-state index in [0.29, 0.717) is 22.3 Å². The molecular weight excluding hydrogens is 458 g/mol. The molecule has 0 atom stereocenters. The first kappa shape index (κ1) is 23.3. The van der Waals surface area contributed by atoms with Gasteiger partial charge in [-0.25, -0.2) is 9.78 Å². The van der Waals surface area contributed by atoms with E-state index in [0.717, 1.165) is 46.7 Å². The molecule has 3 aromatic rings. The van der Waals surface area contributed by atoms with E-state index in [1.807, 2.05) is 43.5 Å². The molecule has 0 spiro atoms. The number of esters is 1. The normalized spacial score (nSPS) is 17.9. The van der Waals surface area contributed by atoms with E-state index in [-0.39, 0.29) is 17.9 Å². The van der Waals surface area contributed by atoms with E-state index in [1.165, 1.54) is 7.11 Å². The van der Waals surface area contributed by atoms with Gasteiger partial charge in [0.1, 0.15) is 0 Å². The average Bonchev–Trinajstić information content (AvgIpc) is 3.32. The molecule has 0 saturated heterocycles. The highest BCUT2D eigenvalue weighted by molar-refractivity contribution is 7.15. The van der Waals surface area contributed by atoms with Crippen molar-refractivity contribution in [3.8, 4) is 10.4 Å². The third-order valence-corrected chi connectivity index (χ3v) is 7.45. The maximum absolute atomic E-state index is 12.4. The number of carbonyl (C=O) groups excluding carboxylic acids is 2. The number of carbonyl (C=O) groups is 2. The molecule has 0 radical (unpaired) electrons. The van der Waals surface area contributed by atoms with Gasteiger partial charge in [-0.2, -0.15) is 0 Å². The van der Waals surface area contributed by atoms with Gasteiger partial charge in [0.05, 0.1) is 22.9 Å². The highest BCUT2D eigenvalue weighted by Gasteiger charge is 2.29. The van der Waals surface area contributed by atoms with Gasteiger partial charge < -0.3 is 15.4 Å². The lowest BCUT2D eigenvalue weighted by Gasteiger charge is -2.25. The lowest BCUT2D eigenvalue weighted by atomic mass is 9.82. The van der Waals surface area contributed by atoms with Crippen LogP contribution in [0.1, 0.15) is 42.2 Å². The predicted octanol–water partition coefficient (Wildman–Crippen LogP) is 6.86. The van der Waals surface area contributed by atoms with Gasteiger partial charge in [-0.1, -0.05) is 29.8 Å². The molecule has 6 nitrogen and oxygen atoms in total. The number of aryl methyl sites for hydroxylation is 1. The maximum atomic E-state index is 12.4. The van der Waals surface area contributed by atoms with Gasteiger partial charge in [-0.05, 0) is 68.0 Å². The number of nitrogens with zero attached hydrogens (tertiary/aromatic N) is 1. The van der Waals surface area contributed by atoms with Crippen LogP contribution in [-0.4, -0.2) is 24.1 Å². The SMILES string of the molecule is COC(=O)C1CCC(c2ncc(-c3ccc(NC(=O)Nc4cc(Cl)ccc4C)cc3)s2)CC1. The summed E-state index contributed by atoms with van der Waals surface area (Å²) in [5.74, 6) is 0.313. The van der Waals surface area contributed by atoms with Crippen LogP contribution in [0.25, 0.3) is 10.4 Å². The molecule has 4 rings (SSSR count). The van der Waals surface area contributed by atoms with Gasteiger partial charge in [-0.3, -0.25) is 4.79 Å². The van der Waals surface area contributed by atoms with E-state index < -0.39 is 0 Å². The molecule has 1 heterocycles. The number of benzene rings is 2. The first-order chi connectivity index (χ1) is 15.9. The molecule has 0 bridgehead atoms. The van der Waals surface area contributed by atoms with Crippen molar-refractivity contribution in [1.82, 2.24) is 4.98 Å². The average molecular weight is 484 g/mol. The minimum atomic E-state index is -0.323. The Kier molecular flexibility index (Phi) is 7.30. The molecule has 33 heavy (non-hydrogen) atoms. The summed E-state index contributed by atoms with van der Waals surface area (Å²) in [5, 5.41) is 7.36. The van der Waals surface area contributed by atoms with Crippen LogP contribution in [0.4, 0.5) is 16.2 Å². The number of methoxy groups -OCH3 is 1. The van der Waals surface area contributed by atoms with Crippen LogP contribution in [0.3, 0.4) is 0 Å². The van der Waals surface area contributed by atoms with Crippen molar-refractivity contribution in [2.45, 2.75) is 38.5 Å². The van der Waals surface area contributed by atoms with E-state index in [9.17, 15) is 9.59 Å². The number of amides is 2. The number of aromatic nitrogens is 1.